The van der Waals surface area contributed by atoms with Crippen LogP contribution >= 0.6 is 15.9 Å². The summed E-state index contributed by atoms with van der Waals surface area (Å²) in [6, 6.07) is 5.34. The highest BCUT2D eigenvalue weighted by atomic mass is 79.9. The maximum Gasteiger partial charge on any atom is 0.265 e. The molecule has 1 aromatic carbocycles. The summed E-state index contributed by atoms with van der Waals surface area (Å²) in [4.78, 5) is 4.53. The van der Waals surface area contributed by atoms with Gasteiger partial charge in [-0.05, 0) is 18.2 Å². The maximum atomic E-state index is 5.54. The zero-order valence-corrected chi connectivity index (χ0v) is 7.13. The van der Waals surface area contributed by atoms with E-state index < -0.39 is 0 Å². The molecule has 0 aliphatic carbocycles. The van der Waals surface area contributed by atoms with Crippen molar-refractivity contribution >= 4 is 32.7 Å². The third-order valence-corrected chi connectivity index (χ3v) is 1.72. The third-order valence-electron chi connectivity index (χ3n) is 1.39. The summed E-state index contributed by atoms with van der Waals surface area (Å²) in [5.41, 5.74) is 7.75. The summed E-state index contributed by atoms with van der Waals surface area (Å²) in [7, 11) is 0. The first kappa shape index (κ1) is 6.67. The van der Waals surface area contributed by atoms with E-state index in [0.717, 1.165) is 11.1 Å². The number of anilines is 1. The Labute approximate surface area is 71.3 Å². The number of hydrogen-bond donors (Lipinski definition) is 1. The van der Waals surface area contributed by atoms with E-state index in [2.05, 4.69) is 20.9 Å². The van der Waals surface area contributed by atoms with Crippen molar-refractivity contribution in [3.05, 3.63) is 23.0 Å². The van der Waals surface area contributed by atoms with E-state index in [1.54, 1.807) is 18.2 Å². The fourth-order valence-electron chi connectivity index (χ4n) is 0.916. The number of fused-ring (bicyclic) bond motifs is 1. The van der Waals surface area contributed by atoms with Gasteiger partial charge in [-0.25, -0.2) is 4.98 Å². The highest BCUT2D eigenvalue weighted by molar-refractivity contribution is 9.10. The summed E-state index contributed by atoms with van der Waals surface area (Å²) in [6.45, 7) is 0. The van der Waals surface area contributed by atoms with Crippen molar-refractivity contribution in [1.82, 2.24) is 4.98 Å². The second kappa shape index (κ2) is 2.23. The summed E-state index contributed by atoms with van der Waals surface area (Å²) in [6.07, 6.45) is 0. The van der Waals surface area contributed by atoms with Crippen LogP contribution in [0, 0.1) is 0 Å². The molecule has 1 heterocycles. The van der Waals surface area contributed by atoms with E-state index in [-0.39, 0.29) is 0 Å². The maximum absolute atomic E-state index is 5.54. The van der Waals surface area contributed by atoms with E-state index in [1.807, 2.05) is 0 Å². The second-order valence-electron chi connectivity index (χ2n) is 2.19. The van der Waals surface area contributed by atoms with E-state index >= 15 is 0 Å². The Morgan fingerprint density at radius 3 is 3.09 bits per heavy atom. The van der Waals surface area contributed by atoms with Crippen LogP contribution in [0.4, 0.5) is 5.69 Å². The van der Waals surface area contributed by atoms with Crippen LogP contribution in [0.25, 0.3) is 11.1 Å². The molecular weight excluding hydrogens is 208 g/mol. The number of hydrogen-bond acceptors (Lipinski definition) is 3. The molecule has 0 aliphatic rings. The van der Waals surface area contributed by atoms with Crippen molar-refractivity contribution in [3.8, 4) is 0 Å². The van der Waals surface area contributed by atoms with Crippen LogP contribution < -0.4 is 5.73 Å². The lowest BCUT2D eigenvalue weighted by Gasteiger charge is -1.88. The molecule has 0 unspecified atom stereocenters. The molecule has 0 aliphatic heterocycles. The molecule has 0 bridgehead atoms. The Kier molecular flexibility index (Phi) is 1.35. The SMILES string of the molecule is Nc1ccc2oc(Br)nc2c1. The van der Waals surface area contributed by atoms with Crippen molar-refractivity contribution in [2.45, 2.75) is 0 Å². The van der Waals surface area contributed by atoms with Gasteiger partial charge in [0, 0.05) is 21.6 Å². The van der Waals surface area contributed by atoms with Crippen molar-refractivity contribution in [2.24, 2.45) is 0 Å². The topological polar surface area (TPSA) is 52.0 Å². The van der Waals surface area contributed by atoms with E-state index in [9.17, 15) is 0 Å². The van der Waals surface area contributed by atoms with Crippen LogP contribution in [-0.2, 0) is 0 Å². The minimum Gasteiger partial charge on any atom is -0.431 e. The number of rotatable bonds is 0. The molecule has 0 radical (unpaired) electrons. The summed E-state index contributed by atoms with van der Waals surface area (Å²) >= 11 is 3.13. The fourth-order valence-corrected chi connectivity index (χ4v) is 1.28. The van der Waals surface area contributed by atoms with Gasteiger partial charge in [0.05, 0.1) is 0 Å². The molecule has 56 valence electrons. The Morgan fingerprint density at radius 2 is 2.27 bits per heavy atom. The lowest BCUT2D eigenvalue weighted by Crippen LogP contribution is -1.81. The standard InChI is InChI=1S/C7H5BrN2O/c8-7-10-5-3-4(9)1-2-6(5)11-7/h1-3H,9H2. The molecule has 4 heteroatoms. The van der Waals surface area contributed by atoms with Crippen molar-refractivity contribution in [1.29, 1.82) is 0 Å². The molecule has 0 spiro atoms. The van der Waals surface area contributed by atoms with Gasteiger partial charge in [0.15, 0.2) is 5.58 Å². The molecule has 0 saturated heterocycles. The zero-order chi connectivity index (χ0) is 7.84. The van der Waals surface area contributed by atoms with Gasteiger partial charge in [0.1, 0.15) is 5.52 Å². The van der Waals surface area contributed by atoms with Crippen LogP contribution in [0.15, 0.2) is 27.4 Å². The summed E-state index contributed by atoms with van der Waals surface area (Å²) in [5.74, 6) is 0. The summed E-state index contributed by atoms with van der Waals surface area (Å²) < 4.78 is 5.17. The molecule has 11 heavy (non-hydrogen) atoms. The van der Waals surface area contributed by atoms with Crippen LogP contribution in [0.5, 0.6) is 0 Å². The van der Waals surface area contributed by atoms with Crippen molar-refractivity contribution in [3.63, 3.8) is 0 Å². The molecular formula is C7H5BrN2O. The van der Waals surface area contributed by atoms with Gasteiger partial charge in [0.2, 0.25) is 0 Å². The highest BCUT2D eigenvalue weighted by Gasteiger charge is 2.01. The number of nitrogens with two attached hydrogens (primary N) is 1. The molecule has 2 aromatic rings. The normalized spacial score (nSPS) is 10.6. The van der Waals surface area contributed by atoms with Crippen molar-refractivity contribution < 1.29 is 4.42 Å². The number of benzene rings is 1. The van der Waals surface area contributed by atoms with Gasteiger partial charge >= 0.3 is 0 Å². The van der Waals surface area contributed by atoms with Gasteiger partial charge in [-0.3, -0.25) is 0 Å². The number of aromatic nitrogens is 1. The molecule has 3 nitrogen and oxygen atoms in total. The Bertz CT molecular complexity index is 396. The Hall–Kier alpha value is -1.03. The monoisotopic (exact) mass is 212 g/mol. The predicted molar refractivity (Wildman–Crippen MR) is 46.1 cm³/mol. The Morgan fingerprint density at radius 1 is 1.45 bits per heavy atom. The average Bonchev–Trinajstić information content (AvgIpc) is 2.27. The predicted octanol–water partition coefficient (Wildman–Crippen LogP) is 2.17. The van der Waals surface area contributed by atoms with Crippen LogP contribution in [0.1, 0.15) is 0 Å². The first-order valence-corrected chi connectivity index (χ1v) is 3.86. The number of halogens is 1. The second-order valence-corrected chi connectivity index (χ2v) is 2.87. The largest absolute Gasteiger partial charge is 0.431 e. The zero-order valence-electron chi connectivity index (χ0n) is 5.54. The molecule has 1 aromatic heterocycles. The average molecular weight is 213 g/mol. The van der Waals surface area contributed by atoms with E-state index in [4.69, 9.17) is 10.2 Å². The van der Waals surface area contributed by atoms with E-state index in [1.165, 1.54) is 0 Å². The quantitative estimate of drug-likeness (QED) is 0.682. The number of nitrogen functional groups attached to an aromatic ring is 1. The number of oxazole rings is 1. The lowest BCUT2D eigenvalue weighted by molar-refractivity contribution is 0.570. The van der Waals surface area contributed by atoms with Gasteiger partial charge in [-0.15, -0.1) is 0 Å². The van der Waals surface area contributed by atoms with Crippen molar-refractivity contribution in [2.75, 3.05) is 5.73 Å². The lowest BCUT2D eigenvalue weighted by atomic mass is 10.3. The smallest absolute Gasteiger partial charge is 0.265 e. The van der Waals surface area contributed by atoms with Crippen LogP contribution in [0.2, 0.25) is 0 Å². The highest BCUT2D eigenvalue weighted by Crippen LogP contribution is 2.20. The van der Waals surface area contributed by atoms with Gasteiger partial charge in [-0.2, -0.15) is 0 Å². The van der Waals surface area contributed by atoms with E-state index in [0.29, 0.717) is 10.5 Å². The minimum atomic E-state index is 0.484. The van der Waals surface area contributed by atoms with Crippen LogP contribution in [-0.4, -0.2) is 4.98 Å². The molecule has 0 saturated carbocycles. The van der Waals surface area contributed by atoms with Crippen LogP contribution in [0.3, 0.4) is 0 Å². The molecule has 0 fully saturated rings. The first-order valence-electron chi connectivity index (χ1n) is 3.07. The minimum absolute atomic E-state index is 0.484. The molecule has 2 N–H and O–H groups in total. The summed E-state index contributed by atoms with van der Waals surface area (Å²) in [5, 5.41) is 0. The van der Waals surface area contributed by atoms with Gasteiger partial charge in [-0.1, -0.05) is 0 Å². The third kappa shape index (κ3) is 1.09. The van der Waals surface area contributed by atoms with Gasteiger partial charge in [0.25, 0.3) is 4.80 Å². The molecule has 0 atom stereocenters. The fraction of sp³-hybridized carbons (Fsp3) is 0. The molecule has 2 rings (SSSR count). The Balaban J connectivity index is 2.82. The molecule has 0 amide bonds. The van der Waals surface area contributed by atoms with Gasteiger partial charge < -0.3 is 10.2 Å². The number of nitrogens with zero attached hydrogens (tertiary/aromatic N) is 1. The first-order chi connectivity index (χ1) is 5.25.